The standard InChI is InChI=1S/C23H17N5O4S/c1-27-20(14-7-3-2-4-8-14)25-26-23(27)33-19-12-11-15(13-17(19)28(30)31)22-24-21(29)16-9-5-6-10-18(16)32-22/h2-13,22H,1H3,(H,24,29)/t22-/m1/s1. The van der Waals surface area contributed by atoms with Gasteiger partial charge in [0.25, 0.3) is 11.6 Å². The second kappa shape index (κ2) is 8.40. The molecule has 9 nitrogen and oxygen atoms in total. The number of aromatic nitrogens is 3. The van der Waals surface area contributed by atoms with Gasteiger partial charge in [0.05, 0.1) is 15.4 Å². The molecule has 1 amide bonds. The van der Waals surface area contributed by atoms with Gasteiger partial charge < -0.3 is 14.6 Å². The first-order valence-electron chi connectivity index (χ1n) is 9.99. The van der Waals surface area contributed by atoms with Crippen LogP contribution in [-0.4, -0.2) is 25.6 Å². The van der Waals surface area contributed by atoms with Gasteiger partial charge in [0.2, 0.25) is 0 Å². The summed E-state index contributed by atoms with van der Waals surface area (Å²) in [5, 5.41) is 23.5. The largest absolute Gasteiger partial charge is 0.466 e. The molecule has 3 aromatic carbocycles. The van der Waals surface area contributed by atoms with Gasteiger partial charge in [-0.2, -0.15) is 0 Å². The van der Waals surface area contributed by atoms with Crippen LogP contribution in [-0.2, 0) is 7.05 Å². The van der Waals surface area contributed by atoms with Crippen LogP contribution < -0.4 is 10.1 Å². The van der Waals surface area contributed by atoms with E-state index in [9.17, 15) is 14.9 Å². The zero-order valence-corrected chi connectivity index (χ0v) is 18.2. The molecule has 33 heavy (non-hydrogen) atoms. The predicted molar refractivity (Wildman–Crippen MR) is 121 cm³/mol. The van der Waals surface area contributed by atoms with Crippen molar-refractivity contribution < 1.29 is 14.5 Å². The number of nitrogens with zero attached hydrogens (tertiary/aromatic N) is 4. The van der Waals surface area contributed by atoms with Gasteiger partial charge in [-0.05, 0) is 30.0 Å². The predicted octanol–water partition coefficient (Wildman–Crippen LogP) is 4.36. The highest BCUT2D eigenvalue weighted by Crippen LogP contribution is 2.37. The van der Waals surface area contributed by atoms with E-state index in [-0.39, 0.29) is 11.6 Å². The van der Waals surface area contributed by atoms with Crippen LogP contribution in [0.3, 0.4) is 0 Å². The molecule has 0 saturated carbocycles. The molecule has 0 bridgehead atoms. The number of nitrogens with one attached hydrogen (secondary N) is 1. The van der Waals surface area contributed by atoms with Gasteiger partial charge in [0.1, 0.15) is 5.75 Å². The molecule has 1 N–H and O–H groups in total. The van der Waals surface area contributed by atoms with Gasteiger partial charge in [-0.25, -0.2) is 0 Å². The Kier molecular flexibility index (Phi) is 5.27. The van der Waals surface area contributed by atoms with Crippen molar-refractivity contribution in [3.63, 3.8) is 0 Å². The molecule has 0 spiro atoms. The Bertz CT molecular complexity index is 1370. The van der Waals surface area contributed by atoms with E-state index in [1.54, 1.807) is 41.0 Å². The average molecular weight is 459 g/mol. The summed E-state index contributed by atoms with van der Waals surface area (Å²) in [5.41, 5.74) is 1.68. The monoisotopic (exact) mass is 459 g/mol. The van der Waals surface area contributed by atoms with E-state index in [0.29, 0.717) is 32.8 Å². The van der Waals surface area contributed by atoms with Crippen molar-refractivity contribution >= 4 is 23.4 Å². The molecule has 0 unspecified atom stereocenters. The lowest BCUT2D eigenvalue weighted by atomic mass is 10.1. The summed E-state index contributed by atoms with van der Waals surface area (Å²) in [5.74, 6) is 0.796. The molecule has 0 radical (unpaired) electrons. The average Bonchev–Trinajstić information content (AvgIpc) is 3.19. The summed E-state index contributed by atoms with van der Waals surface area (Å²) in [4.78, 5) is 24.2. The molecule has 0 fully saturated rings. The van der Waals surface area contributed by atoms with E-state index < -0.39 is 11.2 Å². The highest BCUT2D eigenvalue weighted by atomic mass is 32.2. The molecule has 1 atom stereocenters. The van der Waals surface area contributed by atoms with Crippen LogP contribution in [0.2, 0.25) is 0 Å². The van der Waals surface area contributed by atoms with Crippen LogP contribution in [0.15, 0.2) is 82.8 Å². The lowest BCUT2D eigenvalue weighted by Crippen LogP contribution is -2.36. The van der Waals surface area contributed by atoms with E-state index >= 15 is 0 Å². The third-order valence-electron chi connectivity index (χ3n) is 5.19. The SMILES string of the molecule is Cn1c(Sc2ccc([C@@H]3NC(=O)c4ccccc4O3)cc2[N+](=O)[O-])nnc1-c1ccccc1. The Labute approximate surface area is 192 Å². The second-order valence-corrected chi connectivity index (χ2v) is 8.29. The molecule has 164 valence electrons. The quantitative estimate of drug-likeness (QED) is 0.348. The molecule has 4 aromatic rings. The van der Waals surface area contributed by atoms with Crippen molar-refractivity contribution in [1.82, 2.24) is 20.1 Å². The molecule has 2 heterocycles. The molecular formula is C23H17N5O4S. The molecule has 10 heteroatoms. The van der Waals surface area contributed by atoms with Crippen LogP contribution in [0.1, 0.15) is 22.1 Å². The number of hydrogen-bond acceptors (Lipinski definition) is 7. The van der Waals surface area contributed by atoms with Gasteiger partial charge in [-0.15, -0.1) is 10.2 Å². The number of nitro benzene ring substituents is 1. The number of carbonyl (C=O) groups is 1. The van der Waals surface area contributed by atoms with Gasteiger partial charge in [0, 0.05) is 24.2 Å². The number of benzene rings is 3. The number of amides is 1. The number of ether oxygens (including phenoxy) is 1. The van der Waals surface area contributed by atoms with E-state index in [1.807, 2.05) is 37.4 Å². The maximum Gasteiger partial charge on any atom is 0.283 e. The van der Waals surface area contributed by atoms with Crippen molar-refractivity contribution in [3.05, 3.63) is 94.0 Å². The highest BCUT2D eigenvalue weighted by molar-refractivity contribution is 7.99. The van der Waals surface area contributed by atoms with Gasteiger partial charge in [-0.1, -0.05) is 48.5 Å². The molecule has 1 aliphatic rings. The first-order valence-corrected chi connectivity index (χ1v) is 10.8. The van der Waals surface area contributed by atoms with E-state index in [1.165, 1.54) is 6.07 Å². The summed E-state index contributed by atoms with van der Waals surface area (Å²) in [7, 11) is 1.81. The third-order valence-corrected chi connectivity index (χ3v) is 6.29. The lowest BCUT2D eigenvalue weighted by Gasteiger charge is -2.26. The minimum absolute atomic E-state index is 0.113. The molecule has 0 aliphatic carbocycles. The first kappa shape index (κ1) is 20.7. The highest BCUT2D eigenvalue weighted by Gasteiger charge is 2.28. The summed E-state index contributed by atoms with van der Waals surface area (Å²) in [6.07, 6.45) is -0.829. The Morgan fingerprint density at radius 1 is 1.06 bits per heavy atom. The lowest BCUT2D eigenvalue weighted by molar-refractivity contribution is -0.387. The molecule has 1 aromatic heterocycles. The van der Waals surface area contributed by atoms with Crippen LogP contribution in [0.5, 0.6) is 5.75 Å². The Morgan fingerprint density at radius 2 is 1.82 bits per heavy atom. The van der Waals surface area contributed by atoms with E-state index in [2.05, 4.69) is 15.5 Å². The zero-order chi connectivity index (χ0) is 22.9. The maximum absolute atomic E-state index is 12.4. The summed E-state index contributed by atoms with van der Waals surface area (Å²) < 4.78 is 7.66. The van der Waals surface area contributed by atoms with Crippen LogP contribution in [0, 0.1) is 10.1 Å². The molecule has 0 saturated heterocycles. The maximum atomic E-state index is 12.4. The molecule has 5 rings (SSSR count). The second-order valence-electron chi connectivity index (χ2n) is 7.29. The Morgan fingerprint density at radius 3 is 2.61 bits per heavy atom. The number of nitro groups is 1. The zero-order valence-electron chi connectivity index (χ0n) is 17.3. The number of fused-ring (bicyclic) bond motifs is 1. The smallest absolute Gasteiger partial charge is 0.283 e. The van der Waals surface area contributed by atoms with Gasteiger partial charge >= 0.3 is 0 Å². The summed E-state index contributed by atoms with van der Waals surface area (Å²) in [6, 6.07) is 21.2. The summed E-state index contributed by atoms with van der Waals surface area (Å²) >= 11 is 1.15. The first-order chi connectivity index (χ1) is 16.0. The van der Waals surface area contributed by atoms with Crippen molar-refractivity contribution in [2.45, 2.75) is 16.3 Å². The van der Waals surface area contributed by atoms with Gasteiger partial charge in [0.15, 0.2) is 17.2 Å². The fourth-order valence-electron chi connectivity index (χ4n) is 3.53. The summed E-state index contributed by atoms with van der Waals surface area (Å²) in [6.45, 7) is 0. The number of para-hydroxylation sites is 1. The van der Waals surface area contributed by atoms with E-state index in [4.69, 9.17) is 4.74 Å². The van der Waals surface area contributed by atoms with Crippen LogP contribution in [0.4, 0.5) is 5.69 Å². The number of carbonyl (C=O) groups excluding carboxylic acids is 1. The minimum atomic E-state index is -0.829. The molecule has 1 aliphatic heterocycles. The number of hydrogen-bond donors (Lipinski definition) is 1. The Hall–Kier alpha value is -4.18. The fourth-order valence-corrected chi connectivity index (χ4v) is 4.40. The van der Waals surface area contributed by atoms with Crippen molar-refractivity contribution in [2.24, 2.45) is 7.05 Å². The van der Waals surface area contributed by atoms with Crippen LogP contribution in [0.25, 0.3) is 11.4 Å². The van der Waals surface area contributed by atoms with Crippen molar-refractivity contribution in [1.29, 1.82) is 0 Å². The fraction of sp³-hybridized carbons (Fsp3) is 0.0870. The van der Waals surface area contributed by atoms with Crippen molar-refractivity contribution in [3.8, 4) is 17.1 Å². The van der Waals surface area contributed by atoms with Crippen LogP contribution >= 0.6 is 11.8 Å². The third kappa shape index (κ3) is 3.92. The van der Waals surface area contributed by atoms with Gasteiger partial charge in [-0.3, -0.25) is 14.9 Å². The normalized spacial score (nSPS) is 14.8. The van der Waals surface area contributed by atoms with E-state index in [0.717, 1.165) is 17.3 Å². The topological polar surface area (TPSA) is 112 Å². The minimum Gasteiger partial charge on any atom is -0.466 e. The number of rotatable bonds is 5. The van der Waals surface area contributed by atoms with Crippen molar-refractivity contribution in [2.75, 3.05) is 0 Å². The Balaban J connectivity index is 1.44. The molecular weight excluding hydrogens is 442 g/mol.